The number of carbonyl (C=O) groups is 1. The molecule has 1 aliphatic carbocycles. The summed E-state index contributed by atoms with van der Waals surface area (Å²) in [6.07, 6.45) is 7.48. The molecular weight excluding hydrogens is 310 g/mol. The SMILES string of the molecule is CN(CCN(C)C1CCCCC1)c1ncc([N+](=O)[O-])cc1C(N)=O. The fraction of sp³-hybridized carbons (Fsp3) is 0.625. The molecule has 8 nitrogen and oxygen atoms in total. The zero-order valence-corrected chi connectivity index (χ0v) is 14.3. The van der Waals surface area contributed by atoms with Crippen LogP contribution in [0.5, 0.6) is 0 Å². The minimum absolute atomic E-state index is 0.0759. The van der Waals surface area contributed by atoms with Crippen LogP contribution in [0.1, 0.15) is 42.5 Å². The van der Waals surface area contributed by atoms with Gasteiger partial charge in [0.15, 0.2) is 0 Å². The van der Waals surface area contributed by atoms with Crippen LogP contribution in [0.2, 0.25) is 0 Å². The lowest BCUT2D eigenvalue weighted by Gasteiger charge is -2.32. The number of nitrogens with zero attached hydrogens (tertiary/aromatic N) is 4. The van der Waals surface area contributed by atoms with Gasteiger partial charge in [-0.3, -0.25) is 14.9 Å². The fourth-order valence-electron chi connectivity index (χ4n) is 3.15. The maximum atomic E-state index is 11.6. The maximum absolute atomic E-state index is 11.6. The molecule has 0 radical (unpaired) electrons. The largest absolute Gasteiger partial charge is 0.365 e. The number of nitrogens with two attached hydrogens (primary N) is 1. The van der Waals surface area contributed by atoms with Gasteiger partial charge in [-0.2, -0.15) is 0 Å². The first-order valence-corrected chi connectivity index (χ1v) is 8.25. The van der Waals surface area contributed by atoms with E-state index in [9.17, 15) is 14.9 Å². The Labute approximate surface area is 141 Å². The van der Waals surface area contributed by atoms with Crippen LogP contribution in [0.25, 0.3) is 0 Å². The first-order chi connectivity index (χ1) is 11.4. The molecule has 2 N–H and O–H groups in total. The molecule has 1 aliphatic rings. The Balaban J connectivity index is 2.04. The Morgan fingerprint density at radius 3 is 2.58 bits per heavy atom. The van der Waals surface area contributed by atoms with Crippen LogP contribution in [-0.2, 0) is 0 Å². The van der Waals surface area contributed by atoms with E-state index in [1.54, 1.807) is 0 Å². The number of aromatic nitrogens is 1. The van der Waals surface area contributed by atoms with Gasteiger partial charge < -0.3 is 15.5 Å². The maximum Gasteiger partial charge on any atom is 0.288 e. The average molecular weight is 335 g/mol. The number of hydrogen-bond donors (Lipinski definition) is 1. The number of anilines is 1. The number of nitro groups is 1. The highest BCUT2D eigenvalue weighted by atomic mass is 16.6. The first-order valence-electron chi connectivity index (χ1n) is 8.25. The molecule has 1 saturated carbocycles. The Hall–Kier alpha value is -2.22. The van der Waals surface area contributed by atoms with Crippen molar-refractivity contribution in [1.82, 2.24) is 9.88 Å². The van der Waals surface area contributed by atoms with Crippen LogP contribution in [0.4, 0.5) is 11.5 Å². The molecule has 2 rings (SSSR count). The van der Waals surface area contributed by atoms with E-state index < -0.39 is 10.8 Å². The lowest BCUT2D eigenvalue weighted by atomic mass is 9.94. The number of primary amides is 1. The fourth-order valence-corrected chi connectivity index (χ4v) is 3.15. The lowest BCUT2D eigenvalue weighted by Crippen LogP contribution is -2.39. The van der Waals surface area contributed by atoms with Crippen molar-refractivity contribution < 1.29 is 9.72 Å². The summed E-state index contributed by atoms with van der Waals surface area (Å²) < 4.78 is 0. The van der Waals surface area contributed by atoms with Gasteiger partial charge in [0.1, 0.15) is 12.0 Å². The van der Waals surface area contributed by atoms with Gasteiger partial charge in [0.25, 0.3) is 11.6 Å². The molecule has 0 aromatic carbocycles. The van der Waals surface area contributed by atoms with Gasteiger partial charge >= 0.3 is 0 Å². The summed E-state index contributed by atoms with van der Waals surface area (Å²) in [7, 11) is 3.93. The molecule has 0 unspecified atom stereocenters. The van der Waals surface area contributed by atoms with Crippen LogP contribution in [-0.4, -0.2) is 53.9 Å². The molecule has 1 amide bonds. The van der Waals surface area contributed by atoms with Crippen molar-refractivity contribution in [1.29, 1.82) is 0 Å². The molecule has 1 heterocycles. The molecule has 8 heteroatoms. The summed E-state index contributed by atoms with van der Waals surface area (Å²) in [6, 6.07) is 1.79. The van der Waals surface area contributed by atoms with Gasteiger partial charge in [-0.15, -0.1) is 0 Å². The topological polar surface area (TPSA) is 106 Å². The molecule has 0 atom stereocenters. The van der Waals surface area contributed by atoms with E-state index in [2.05, 4.69) is 16.9 Å². The third-order valence-electron chi connectivity index (χ3n) is 4.68. The van der Waals surface area contributed by atoms with Crippen LogP contribution in [0.15, 0.2) is 12.3 Å². The highest BCUT2D eigenvalue weighted by Crippen LogP contribution is 2.23. The Bertz CT molecular complexity index is 601. The van der Waals surface area contributed by atoms with Crippen molar-refractivity contribution in [3.8, 4) is 0 Å². The van der Waals surface area contributed by atoms with E-state index in [0.717, 1.165) is 12.7 Å². The van der Waals surface area contributed by atoms with Gasteiger partial charge in [-0.1, -0.05) is 19.3 Å². The molecular formula is C16H25N5O3. The zero-order chi connectivity index (χ0) is 17.7. The van der Waals surface area contributed by atoms with Gasteiger partial charge in [-0.25, -0.2) is 4.98 Å². The van der Waals surface area contributed by atoms with Gasteiger partial charge in [0.2, 0.25) is 0 Å². The van der Waals surface area contributed by atoms with E-state index in [-0.39, 0.29) is 11.3 Å². The molecule has 1 aromatic heterocycles. The first kappa shape index (κ1) is 18.1. The molecule has 0 bridgehead atoms. The monoisotopic (exact) mass is 335 g/mol. The van der Waals surface area contributed by atoms with Crippen molar-refractivity contribution in [2.75, 3.05) is 32.1 Å². The summed E-state index contributed by atoms with van der Waals surface area (Å²) >= 11 is 0. The van der Waals surface area contributed by atoms with Crippen molar-refractivity contribution in [2.45, 2.75) is 38.1 Å². The molecule has 0 saturated heterocycles. The Morgan fingerprint density at radius 2 is 2.00 bits per heavy atom. The van der Waals surface area contributed by atoms with Crippen LogP contribution < -0.4 is 10.6 Å². The standard InChI is InChI=1S/C16H25N5O3/c1-19(12-6-4-3-5-7-12)8-9-20(2)16-14(15(17)22)10-13(11-18-16)21(23)24/h10-12H,3-9H2,1-2H3,(H2,17,22). The average Bonchev–Trinajstić information content (AvgIpc) is 2.59. The van der Waals surface area contributed by atoms with Crippen LogP contribution in [0, 0.1) is 10.1 Å². The van der Waals surface area contributed by atoms with E-state index >= 15 is 0 Å². The minimum atomic E-state index is -0.714. The van der Waals surface area contributed by atoms with Crippen molar-refractivity contribution >= 4 is 17.4 Å². The Kier molecular flexibility index (Phi) is 6.08. The van der Waals surface area contributed by atoms with E-state index in [1.165, 1.54) is 38.2 Å². The normalized spacial score (nSPS) is 15.5. The second kappa shape index (κ2) is 8.05. The number of pyridine rings is 1. The second-order valence-corrected chi connectivity index (χ2v) is 6.38. The van der Waals surface area contributed by atoms with E-state index in [1.807, 2.05) is 11.9 Å². The smallest absolute Gasteiger partial charge is 0.288 e. The number of likely N-dealkylation sites (N-methyl/N-ethyl adjacent to an activating group) is 2. The number of rotatable bonds is 7. The summed E-state index contributed by atoms with van der Waals surface area (Å²) in [5.74, 6) is -0.334. The number of amides is 1. The lowest BCUT2D eigenvalue weighted by molar-refractivity contribution is -0.385. The van der Waals surface area contributed by atoms with Crippen molar-refractivity contribution in [3.05, 3.63) is 27.9 Å². The summed E-state index contributed by atoms with van der Waals surface area (Å²) in [6.45, 7) is 1.50. The predicted octanol–water partition coefficient (Wildman–Crippen LogP) is 1.79. The second-order valence-electron chi connectivity index (χ2n) is 6.38. The van der Waals surface area contributed by atoms with Crippen molar-refractivity contribution in [3.63, 3.8) is 0 Å². The third kappa shape index (κ3) is 4.41. The van der Waals surface area contributed by atoms with Gasteiger partial charge in [0, 0.05) is 32.2 Å². The van der Waals surface area contributed by atoms with Crippen LogP contribution >= 0.6 is 0 Å². The highest BCUT2D eigenvalue weighted by Gasteiger charge is 2.21. The third-order valence-corrected chi connectivity index (χ3v) is 4.68. The zero-order valence-electron chi connectivity index (χ0n) is 14.3. The molecule has 0 spiro atoms. The van der Waals surface area contributed by atoms with Gasteiger partial charge in [0.05, 0.1) is 10.5 Å². The summed E-state index contributed by atoms with van der Waals surface area (Å²) in [5.41, 5.74) is 5.20. The van der Waals surface area contributed by atoms with Crippen molar-refractivity contribution in [2.24, 2.45) is 5.73 Å². The molecule has 132 valence electrons. The quantitative estimate of drug-likeness (QED) is 0.601. The summed E-state index contributed by atoms with van der Waals surface area (Å²) in [4.78, 5) is 30.1. The summed E-state index contributed by atoms with van der Waals surface area (Å²) in [5, 5.41) is 10.8. The predicted molar refractivity (Wildman–Crippen MR) is 92.2 cm³/mol. The molecule has 0 aliphatic heterocycles. The molecule has 1 aromatic rings. The molecule has 1 fully saturated rings. The number of hydrogen-bond acceptors (Lipinski definition) is 6. The van der Waals surface area contributed by atoms with Crippen LogP contribution in [0.3, 0.4) is 0 Å². The molecule has 24 heavy (non-hydrogen) atoms. The minimum Gasteiger partial charge on any atom is -0.365 e. The van der Waals surface area contributed by atoms with E-state index in [4.69, 9.17) is 5.73 Å². The number of carbonyl (C=O) groups excluding carboxylic acids is 1. The van der Waals surface area contributed by atoms with Gasteiger partial charge in [-0.05, 0) is 19.9 Å². The Morgan fingerprint density at radius 1 is 1.33 bits per heavy atom. The highest BCUT2D eigenvalue weighted by molar-refractivity contribution is 5.98. The van der Waals surface area contributed by atoms with E-state index in [0.29, 0.717) is 18.4 Å².